The third kappa shape index (κ3) is 9.40. The lowest BCUT2D eigenvalue weighted by atomic mass is 10.4. The molecule has 13 heavy (non-hydrogen) atoms. The third-order valence-electron chi connectivity index (χ3n) is 1.54. The van der Waals surface area contributed by atoms with Gasteiger partial charge in [0, 0.05) is 13.2 Å². The molecular formula is C8H18Br2O2Si. The molecule has 0 rings (SSSR count). The molecule has 0 amide bonds. The zero-order valence-electron chi connectivity index (χ0n) is 8.32. The zero-order valence-corrected chi connectivity index (χ0v) is 12.5. The van der Waals surface area contributed by atoms with Crippen molar-refractivity contribution in [3.8, 4) is 0 Å². The van der Waals surface area contributed by atoms with Crippen LogP contribution in [0.3, 0.4) is 0 Å². The molecule has 0 aromatic rings. The van der Waals surface area contributed by atoms with E-state index in [1.165, 1.54) is 0 Å². The molecule has 5 heteroatoms. The van der Waals surface area contributed by atoms with E-state index in [-0.39, 0.29) is 0 Å². The summed E-state index contributed by atoms with van der Waals surface area (Å²) in [6.45, 7) is 5.83. The van der Waals surface area contributed by atoms with Gasteiger partial charge in [-0.05, 0) is 43.4 Å². The van der Waals surface area contributed by atoms with Crippen molar-refractivity contribution >= 4 is 36.4 Å². The summed E-state index contributed by atoms with van der Waals surface area (Å²) in [5.41, 5.74) is 0. The fourth-order valence-electron chi connectivity index (χ4n) is 0.712. The summed E-state index contributed by atoms with van der Waals surface area (Å²) in [4.78, 5) is 0. The van der Waals surface area contributed by atoms with E-state index in [9.17, 15) is 0 Å². The molecule has 0 spiro atoms. The lowest BCUT2D eigenvalue weighted by Crippen LogP contribution is -2.28. The van der Waals surface area contributed by atoms with Crippen LogP contribution in [0.4, 0.5) is 0 Å². The van der Waals surface area contributed by atoms with Gasteiger partial charge in [-0.1, -0.05) is 26.7 Å². The van der Waals surface area contributed by atoms with Crippen molar-refractivity contribution < 1.29 is 8.85 Å². The molecule has 0 aliphatic carbocycles. The molecule has 80 valence electrons. The first-order valence-electron chi connectivity index (χ1n) is 4.78. The fourth-order valence-corrected chi connectivity index (χ4v) is 3.50. The summed E-state index contributed by atoms with van der Waals surface area (Å²) in [5, 5.41) is 0. The predicted molar refractivity (Wildman–Crippen MR) is 65.3 cm³/mol. The van der Waals surface area contributed by atoms with E-state index in [4.69, 9.17) is 8.85 Å². The van der Waals surface area contributed by atoms with Gasteiger partial charge in [0.15, 0.2) is 0 Å². The van der Waals surface area contributed by atoms with Gasteiger partial charge in [0.2, 0.25) is 0 Å². The molecule has 0 aliphatic heterocycles. The molecule has 0 fully saturated rings. The molecule has 0 aliphatic rings. The van der Waals surface area contributed by atoms with E-state index >= 15 is 0 Å². The number of rotatable bonds is 8. The summed E-state index contributed by atoms with van der Waals surface area (Å²) in [6, 6.07) is 0. The second-order valence-electron chi connectivity index (χ2n) is 2.87. The van der Waals surface area contributed by atoms with Crippen LogP contribution in [0.15, 0.2) is 0 Å². The molecule has 2 nitrogen and oxygen atoms in total. The van der Waals surface area contributed by atoms with Crippen LogP contribution in [0.25, 0.3) is 0 Å². The van der Waals surface area contributed by atoms with Crippen LogP contribution in [0.5, 0.6) is 0 Å². The summed E-state index contributed by atoms with van der Waals surface area (Å²) in [6.07, 6.45) is 4.48. The average Bonchev–Trinajstić information content (AvgIpc) is 2.05. The van der Waals surface area contributed by atoms with Crippen molar-refractivity contribution in [2.75, 3.05) is 13.2 Å². The zero-order chi connectivity index (χ0) is 10.2. The molecule has 0 aromatic carbocycles. The van der Waals surface area contributed by atoms with Crippen molar-refractivity contribution in [1.29, 1.82) is 0 Å². The highest BCUT2D eigenvalue weighted by molar-refractivity contribution is 9.50. The Morgan fingerprint density at radius 3 is 1.62 bits per heavy atom. The number of halogens is 2. The van der Waals surface area contributed by atoms with Gasteiger partial charge in [0.25, 0.3) is 0 Å². The Hall–Kier alpha value is 1.10. The molecule has 0 bridgehead atoms. The van der Waals surface area contributed by atoms with Crippen LogP contribution < -0.4 is 0 Å². The first-order valence-corrected chi connectivity index (χ1v) is 11.1. The second-order valence-corrected chi connectivity index (χ2v) is 13.8. The molecule has 0 aromatic heterocycles. The molecule has 0 radical (unpaired) electrons. The summed E-state index contributed by atoms with van der Waals surface area (Å²) in [7, 11) is 0. The van der Waals surface area contributed by atoms with Gasteiger partial charge in [0.1, 0.15) is 0 Å². The van der Waals surface area contributed by atoms with Gasteiger partial charge in [-0.15, -0.1) is 0 Å². The molecule has 0 N–H and O–H groups in total. The molecule has 0 heterocycles. The standard InChI is InChI=1S/C8H18Br2O2Si/c1-3-5-7-11-13(9,10)12-8-6-4-2/h3-8H2,1-2H3. The molecule has 0 atom stereocenters. The van der Waals surface area contributed by atoms with E-state index in [2.05, 4.69) is 44.4 Å². The van der Waals surface area contributed by atoms with E-state index < -0.39 is 5.80 Å². The smallest absolute Gasteiger partial charge is 0.378 e. The molecule has 0 saturated heterocycles. The van der Waals surface area contributed by atoms with Gasteiger partial charge in [0.05, 0.1) is 0 Å². The van der Waals surface area contributed by atoms with Crippen LogP contribution >= 0.6 is 30.6 Å². The Labute approximate surface area is 97.8 Å². The highest BCUT2D eigenvalue weighted by atomic mass is 79.9. The van der Waals surface area contributed by atoms with Gasteiger partial charge >= 0.3 is 5.80 Å². The second kappa shape index (κ2) is 8.41. The first-order chi connectivity index (χ1) is 6.12. The molecule has 0 saturated carbocycles. The SMILES string of the molecule is CCCCO[Si](Br)(Br)OCCCC. The van der Waals surface area contributed by atoms with Gasteiger partial charge in [-0.3, -0.25) is 0 Å². The lowest BCUT2D eigenvalue weighted by molar-refractivity contribution is 0.205. The van der Waals surface area contributed by atoms with E-state index in [1.807, 2.05) is 0 Å². The monoisotopic (exact) mass is 332 g/mol. The van der Waals surface area contributed by atoms with Crippen LogP contribution in [0.2, 0.25) is 0 Å². The van der Waals surface area contributed by atoms with Crippen LogP contribution in [-0.4, -0.2) is 19.0 Å². The summed E-state index contributed by atoms with van der Waals surface area (Å²) in [5.74, 6) is -2.15. The van der Waals surface area contributed by atoms with Gasteiger partial charge in [-0.2, -0.15) is 0 Å². The van der Waals surface area contributed by atoms with Crippen molar-refractivity contribution in [2.45, 2.75) is 39.5 Å². The normalized spacial score (nSPS) is 12.0. The largest absolute Gasteiger partial charge is 0.490 e. The van der Waals surface area contributed by atoms with Crippen molar-refractivity contribution in [1.82, 2.24) is 0 Å². The maximum Gasteiger partial charge on any atom is 0.490 e. The summed E-state index contributed by atoms with van der Waals surface area (Å²) >= 11 is 6.91. The maximum absolute atomic E-state index is 5.57. The van der Waals surface area contributed by atoms with E-state index in [0.717, 1.165) is 38.9 Å². The topological polar surface area (TPSA) is 18.5 Å². The highest BCUT2D eigenvalue weighted by Crippen LogP contribution is 2.23. The minimum absolute atomic E-state index is 0.769. The van der Waals surface area contributed by atoms with E-state index in [0.29, 0.717) is 0 Å². The molecular weight excluding hydrogens is 316 g/mol. The minimum atomic E-state index is -2.15. The Morgan fingerprint density at radius 2 is 1.31 bits per heavy atom. The minimum Gasteiger partial charge on any atom is -0.378 e. The lowest BCUT2D eigenvalue weighted by Gasteiger charge is -2.17. The number of unbranched alkanes of at least 4 members (excludes halogenated alkanes) is 2. The van der Waals surface area contributed by atoms with Crippen LogP contribution in [0.1, 0.15) is 39.5 Å². The average molecular weight is 334 g/mol. The first kappa shape index (κ1) is 14.1. The Morgan fingerprint density at radius 1 is 0.923 bits per heavy atom. The quantitative estimate of drug-likeness (QED) is 0.381. The van der Waals surface area contributed by atoms with Crippen LogP contribution in [-0.2, 0) is 8.85 Å². The predicted octanol–water partition coefficient (Wildman–Crippen LogP) is 3.85. The Balaban J connectivity index is 3.42. The number of hydrogen-bond acceptors (Lipinski definition) is 2. The fraction of sp³-hybridized carbons (Fsp3) is 1.00. The van der Waals surface area contributed by atoms with Crippen LogP contribution in [0, 0.1) is 0 Å². The Kier molecular flexibility index (Phi) is 9.12. The highest BCUT2D eigenvalue weighted by Gasteiger charge is 2.30. The third-order valence-corrected chi connectivity index (χ3v) is 5.36. The van der Waals surface area contributed by atoms with Crippen molar-refractivity contribution in [2.24, 2.45) is 0 Å². The molecule has 0 unspecified atom stereocenters. The number of hydrogen-bond donors (Lipinski definition) is 0. The Bertz CT molecular complexity index is 111. The van der Waals surface area contributed by atoms with Crippen molar-refractivity contribution in [3.63, 3.8) is 0 Å². The van der Waals surface area contributed by atoms with Crippen molar-refractivity contribution in [3.05, 3.63) is 0 Å². The maximum atomic E-state index is 5.57. The van der Waals surface area contributed by atoms with Gasteiger partial charge < -0.3 is 8.85 Å². The van der Waals surface area contributed by atoms with E-state index in [1.54, 1.807) is 0 Å². The van der Waals surface area contributed by atoms with Gasteiger partial charge in [-0.25, -0.2) is 0 Å². The summed E-state index contributed by atoms with van der Waals surface area (Å²) < 4.78 is 11.1.